The predicted molar refractivity (Wildman–Crippen MR) is 77.6 cm³/mol. The zero-order chi connectivity index (χ0) is 15.1. The molecule has 5 nitrogen and oxygen atoms in total. The van der Waals surface area contributed by atoms with Crippen molar-refractivity contribution in [2.24, 2.45) is 0 Å². The molecule has 1 aromatic carbocycles. The minimum Gasteiger partial charge on any atom is -0.350 e. The standard InChI is InChI=1S/C13H17FN2O3S/c1-3-20-7-6-9(2)15-13(17)10-4-5-12(16(18)19)11(14)8-10/h4-5,8-9H,3,6-7H2,1-2H3,(H,15,17). The van der Waals surface area contributed by atoms with E-state index in [9.17, 15) is 19.3 Å². The molecule has 0 aliphatic carbocycles. The van der Waals surface area contributed by atoms with Crippen LogP contribution in [-0.2, 0) is 0 Å². The molecule has 0 radical (unpaired) electrons. The van der Waals surface area contributed by atoms with E-state index in [0.717, 1.165) is 30.1 Å². The quantitative estimate of drug-likeness (QED) is 0.477. The molecule has 1 aromatic rings. The van der Waals surface area contributed by atoms with Gasteiger partial charge in [-0.05, 0) is 37.0 Å². The van der Waals surface area contributed by atoms with Gasteiger partial charge in [0.15, 0.2) is 0 Å². The molecule has 0 saturated heterocycles. The van der Waals surface area contributed by atoms with Crippen molar-refractivity contribution in [3.05, 3.63) is 39.7 Å². The number of hydrogen-bond acceptors (Lipinski definition) is 4. The Labute approximate surface area is 121 Å². The van der Waals surface area contributed by atoms with Gasteiger partial charge >= 0.3 is 5.69 Å². The smallest absolute Gasteiger partial charge is 0.304 e. The number of nitro groups is 1. The Morgan fingerprint density at radius 2 is 2.25 bits per heavy atom. The Bertz CT molecular complexity index is 497. The van der Waals surface area contributed by atoms with E-state index >= 15 is 0 Å². The van der Waals surface area contributed by atoms with Crippen LogP contribution in [-0.4, -0.2) is 28.4 Å². The van der Waals surface area contributed by atoms with Crippen molar-refractivity contribution < 1.29 is 14.1 Å². The summed E-state index contributed by atoms with van der Waals surface area (Å²) in [4.78, 5) is 21.5. The van der Waals surface area contributed by atoms with E-state index in [0.29, 0.717) is 0 Å². The minimum absolute atomic E-state index is 0.0280. The summed E-state index contributed by atoms with van der Waals surface area (Å²) in [5.74, 6) is 0.533. The van der Waals surface area contributed by atoms with Gasteiger partial charge in [0.1, 0.15) is 0 Å². The molecule has 7 heteroatoms. The van der Waals surface area contributed by atoms with Crippen molar-refractivity contribution in [1.82, 2.24) is 5.32 Å². The maximum absolute atomic E-state index is 13.4. The summed E-state index contributed by atoms with van der Waals surface area (Å²) in [6.45, 7) is 3.93. The monoisotopic (exact) mass is 300 g/mol. The molecule has 110 valence electrons. The minimum atomic E-state index is -1.00. The number of thioether (sulfide) groups is 1. The highest BCUT2D eigenvalue weighted by Gasteiger charge is 2.17. The van der Waals surface area contributed by atoms with Crippen molar-refractivity contribution in [1.29, 1.82) is 0 Å². The third kappa shape index (κ3) is 4.80. The fraction of sp³-hybridized carbons (Fsp3) is 0.462. The summed E-state index contributed by atoms with van der Waals surface area (Å²) in [5, 5.41) is 13.2. The van der Waals surface area contributed by atoms with E-state index in [1.165, 1.54) is 6.07 Å². The molecule has 0 spiro atoms. The first kappa shape index (κ1) is 16.4. The lowest BCUT2D eigenvalue weighted by Crippen LogP contribution is -2.33. The second kappa shape index (κ2) is 7.84. The van der Waals surface area contributed by atoms with Crippen LogP contribution in [0, 0.1) is 15.9 Å². The molecule has 1 amide bonds. The molecule has 0 heterocycles. The van der Waals surface area contributed by atoms with Gasteiger partial charge in [-0.3, -0.25) is 14.9 Å². The number of carbonyl (C=O) groups excluding carboxylic acids is 1. The average Bonchev–Trinajstić information content (AvgIpc) is 2.38. The molecule has 0 bridgehead atoms. The summed E-state index contributed by atoms with van der Waals surface area (Å²) < 4.78 is 13.4. The third-order valence-electron chi connectivity index (χ3n) is 2.68. The molecule has 0 aromatic heterocycles. The summed E-state index contributed by atoms with van der Waals surface area (Å²) in [5.41, 5.74) is -0.544. The van der Waals surface area contributed by atoms with Gasteiger partial charge in [0.2, 0.25) is 5.82 Å². The Morgan fingerprint density at radius 1 is 1.55 bits per heavy atom. The van der Waals surface area contributed by atoms with Crippen LogP contribution >= 0.6 is 11.8 Å². The van der Waals surface area contributed by atoms with E-state index in [1.54, 1.807) is 11.8 Å². The number of nitro benzene ring substituents is 1. The van der Waals surface area contributed by atoms with Crippen molar-refractivity contribution >= 4 is 23.4 Å². The number of benzene rings is 1. The summed E-state index contributed by atoms with van der Waals surface area (Å²) >= 11 is 1.78. The Morgan fingerprint density at radius 3 is 2.80 bits per heavy atom. The molecule has 1 N–H and O–H groups in total. The van der Waals surface area contributed by atoms with Crippen LogP contribution in [0.2, 0.25) is 0 Å². The highest BCUT2D eigenvalue weighted by atomic mass is 32.2. The maximum atomic E-state index is 13.4. The van der Waals surface area contributed by atoms with Crippen LogP contribution in [0.1, 0.15) is 30.6 Å². The van der Waals surface area contributed by atoms with Gasteiger partial charge in [-0.2, -0.15) is 16.2 Å². The second-order valence-electron chi connectivity index (χ2n) is 4.28. The lowest BCUT2D eigenvalue weighted by Gasteiger charge is -2.13. The molecule has 0 fully saturated rings. The van der Waals surface area contributed by atoms with Crippen molar-refractivity contribution in [2.45, 2.75) is 26.3 Å². The van der Waals surface area contributed by atoms with Crippen LogP contribution in [0.25, 0.3) is 0 Å². The fourth-order valence-electron chi connectivity index (χ4n) is 1.58. The van der Waals surface area contributed by atoms with Gasteiger partial charge in [-0.15, -0.1) is 0 Å². The third-order valence-corrected chi connectivity index (χ3v) is 3.62. The molecular weight excluding hydrogens is 283 g/mol. The zero-order valence-corrected chi connectivity index (χ0v) is 12.2. The van der Waals surface area contributed by atoms with E-state index in [-0.39, 0.29) is 11.6 Å². The molecule has 1 atom stereocenters. The van der Waals surface area contributed by atoms with Gasteiger partial charge < -0.3 is 5.32 Å². The van der Waals surface area contributed by atoms with Crippen LogP contribution < -0.4 is 5.32 Å². The van der Waals surface area contributed by atoms with Crippen LogP contribution in [0.15, 0.2) is 18.2 Å². The van der Waals surface area contributed by atoms with Crippen molar-refractivity contribution in [3.63, 3.8) is 0 Å². The molecule has 1 unspecified atom stereocenters. The number of carbonyl (C=O) groups is 1. The first-order valence-corrected chi connectivity index (χ1v) is 7.43. The van der Waals surface area contributed by atoms with Gasteiger partial charge in [0.25, 0.3) is 5.91 Å². The van der Waals surface area contributed by atoms with Crippen molar-refractivity contribution in [3.8, 4) is 0 Å². The average molecular weight is 300 g/mol. The predicted octanol–water partition coefficient (Wildman–Crippen LogP) is 3.00. The molecule has 0 aliphatic rings. The van der Waals surface area contributed by atoms with Crippen LogP contribution in [0.5, 0.6) is 0 Å². The number of rotatable bonds is 7. The van der Waals surface area contributed by atoms with Gasteiger partial charge in [-0.1, -0.05) is 6.92 Å². The van der Waals surface area contributed by atoms with E-state index in [1.807, 2.05) is 6.92 Å². The van der Waals surface area contributed by atoms with E-state index in [2.05, 4.69) is 12.2 Å². The van der Waals surface area contributed by atoms with E-state index in [4.69, 9.17) is 0 Å². The first-order chi connectivity index (χ1) is 9.45. The lowest BCUT2D eigenvalue weighted by molar-refractivity contribution is -0.387. The SMILES string of the molecule is CCSCCC(C)NC(=O)c1ccc([N+](=O)[O-])c(F)c1. The Hall–Kier alpha value is -1.63. The number of nitrogens with one attached hydrogen (secondary N) is 1. The fourth-order valence-corrected chi connectivity index (χ4v) is 2.39. The topological polar surface area (TPSA) is 72.2 Å². The molecule has 20 heavy (non-hydrogen) atoms. The number of hydrogen-bond donors (Lipinski definition) is 1. The summed E-state index contributed by atoms with van der Waals surface area (Å²) in [6.07, 6.45) is 0.819. The highest BCUT2D eigenvalue weighted by molar-refractivity contribution is 7.99. The van der Waals surface area contributed by atoms with Gasteiger partial charge in [0.05, 0.1) is 4.92 Å². The Balaban J connectivity index is 2.64. The van der Waals surface area contributed by atoms with Crippen molar-refractivity contribution in [2.75, 3.05) is 11.5 Å². The molecule has 0 aliphatic heterocycles. The number of halogens is 1. The van der Waals surface area contributed by atoms with Crippen LogP contribution in [0.4, 0.5) is 10.1 Å². The molecule has 1 rings (SSSR count). The Kier molecular flexibility index (Phi) is 6.44. The zero-order valence-electron chi connectivity index (χ0n) is 11.4. The number of nitrogens with zero attached hydrogens (tertiary/aromatic N) is 1. The molecular formula is C13H17FN2O3S. The largest absolute Gasteiger partial charge is 0.350 e. The van der Waals surface area contributed by atoms with Gasteiger partial charge in [-0.25, -0.2) is 0 Å². The highest BCUT2D eigenvalue weighted by Crippen LogP contribution is 2.18. The maximum Gasteiger partial charge on any atom is 0.304 e. The van der Waals surface area contributed by atoms with E-state index < -0.39 is 22.3 Å². The first-order valence-electron chi connectivity index (χ1n) is 6.28. The number of amides is 1. The molecule has 0 saturated carbocycles. The normalized spacial score (nSPS) is 11.9. The van der Waals surface area contributed by atoms with Crippen LogP contribution in [0.3, 0.4) is 0 Å². The summed E-state index contributed by atoms with van der Waals surface area (Å²) in [7, 11) is 0. The second-order valence-corrected chi connectivity index (χ2v) is 5.68. The van der Waals surface area contributed by atoms with Gasteiger partial charge in [0, 0.05) is 17.7 Å². The lowest BCUT2D eigenvalue weighted by atomic mass is 10.1. The summed E-state index contributed by atoms with van der Waals surface area (Å²) in [6, 6.07) is 3.12.